The zero-order valence-electron chi connectivity index (χ0n) is 7.59. The van der Waals surface area contributed by atoms with Gasteiger partial charge in [0.15, 0.2) is 0 Å². The Bertz CT molecular complexity index is 274. The molecule has 1 aromatic rings. The molecule has 1 rings (SSSR count). The van der Waals surface area contributed by atoms with Crippen molar-refractivity contribution in [1.82, 2.24) is 0 Å². The minimum Gasteiger partial charge on any atom is -0.392 e. The summed E-state index contributed by atoms with van der Waals surface area (Å²) in [5.74, 6) is 0. The maximum atomic E-state index is 9.00. The second-order valence-electron chi connectivity index (χ2n) is 2.72. The van der Waals surface area contributed by atoms with Crippen molar-refractivity contribution >= 4 is 15.9 Å². The fourth-order valence-electron chi connectivity index (χ4n) is 1.06. The topological polar surface area (TPSA) is 29.5 Å². The second kappa shape index (κ2) is 5.37. The van der Waals surface area contributed by atoms with Gasteiger partial charge in [-0.15, -0.1) is 0 Å². The Balaban J connectivity index is 2.74. The van der Waals surface area contributed by atoms with Gasteiger partial charge in [0.25, 0.3) is 0 Å². The van der Waals surface area contributed by atoms with Gasteiger partial charge < -0.3 is 9.84 Å². The first kappa shape index (κ1) is 10.7. The molecule has 0 aliphatic rings. The Morgan fingerprint density at radius 1 is 1.46 bits per heavy atom. The van der Waals surface area contributed by atoms with E-state index in [0.29, 0.717) is 13.2 Å². The van der Waals surface area contributed by atoms with Crippen molar-refractivity contribution in [2.45, 2.75) is 20.1 Å². The lowest BCUT2D eigenvalue weighted by Gasteiger charge is -2.05. The summed E-state index contributed by atoms with van der Waals surface area (Å²) in [6, 6.07) is 5.86. The van der Waals surface area contributed by atoms with Crippen molar-refractivity contribution in [1.29, 1.82) is 0 Å². The molecule has 0 aliphatic heterocycles. The van der Waals surface area contributed by atoms with Crippen molar-refractivity contribution in [2.75, 3.05) is 6.61 Å². The molecule has 0 spiro atoms. The smallest absolute Gasteiger partial charge is 0.0716 e. The lowest BCUT2D eigenvalue weighted by Crippen LogP contribution is -1.94. The van der Waals surface area contributed by atoms with Crippen molar-refractivity contribution in [2.24, 2.45) is 0 Å². The third-order valence-corrected chi connectivity index (χ3v) is 2.53. The number of aliphatic hydroxyl groups is 1. The predicted octanol–water partition coefficient (Wildman–Crippen LogP) is 2.48. The fraction of sp³-hybridized carbons (Fsp3) is 0.400. The number of ether oxygens (including phenoxy) is 1. The van der Waals surface area contributed by atoms with Crippen LogP contribution in [0.5, 0.6) is 0 Å². The van der Waals surface area contributed by atoms with E-state index >= 15 is 0 Å². The van der Waals surface area contributed by atoms with Crippen molar-refractivity contribution in [3.63, 3.8) is 0 Å². The van der Waals surface area contributed by atoms with Crippen LogP contribution in [0.4, 0.5) is 0 Å². The maximum Gasteiger partial charge on any atom is 0.0716 e. The van der Waals surface area contributed by atoms with Gasteiger partial charge >= 0.3 is 0 Å². The molecule has 1 N–H and O–H groups in total. The number of halogens is 1. The van der Waals surface area contributed by atoms with Crippen LogP contribution in [0.1, 0.15) is 18.1 Å². The monoisotopic (exact) mass is 244 g/mol. The predicted molar refractivity (Wildman–Crippen MR) is 55.4 cm³/mol. The van der Waals surface area contributed by atoms with E-state index in [2.05, 4.69) is 15.9 Å². The molecule has 0 atom stereocenters. The summed E-state index contributed by atoms with van der Waals surface area (Å²) >= 11 is 3.36. The average molecular weight is 245 g/mol. The van der Waals surface area contributed by atoms with Crippen LogP contribution in [-0.4, -0.2) is 11.7 Å². The second-order valence-corrected chi connectivity index (χ2v) is 3.58. The largest absolute Gasteiger partial charge is 0.392 e. The Morgan fingerprint density at radius 2 is 2.23 bits per heavy atom. The van der Waals surface area contributed by atoms with E-state index in [1.807, 2.05) is 25.1 Å². The minimum absolute atomic E-state index is 0.0561. The van der Waals surface area contributed by atoms with E-state index in [1.54, 1.807) is 0 Å². The Labute approximate surface area is 86.7 Å². The molecular weight excluding hydrogens is 232 g/mol. The van der Waals surface area contributed by atoms with Crippen LogP contribution >= 0.6 is 15.9 Å². The standard InChI is InChI=1S/C10H13BrO2/c1-2-13-7-8-3-4-10(11)9(5-8)6-12/h3-5,12H,2,6-7H2,1H3. The third kappa shape index (κ3) is 3.10. The molecule has 13 heavy (non-hydrogen) atoms. The van der Waals surface area contributed by atoms with E-state index in [-0.39, 0.29) is 6.61 Å². The first-order valence-corrected chi connectivity index (χ1v) is 5.03. The molecule has 3 heteroatoms. The summed E-state index contributed by atoms with van der Waals surface area (Å²) < 4.78 is 6.20. The minimum atomic E-state index is 0.0561. The molecule has 0 radical (unpaired) electrons. The molecule has 72 valence electrons. The molecule has 0 bridgehead atoms. The zero-order valence-corrected chi connectivity index (χ0v) is 9.17. The molecule has 0 saturated heterocycles. The fourth-order valence-corrected chi connectivity index (χ4v) is 1.43. The van der Waals surface area contributed by atoms with Crippen molar-refractivity contribution in [3.8, 4) is 0 Å². The normalized spacial score (nSPS) is 10.4. The highest BCUT2D eigenvalue weighted by Gasteiger charge is 2.00. The van der Waals surface area contributed by atoms with Crippen LogP contribution in [0.2, 0.25) is 0 Å². The number of benzene rings is 1. The zero-order chi connectivity index (χ0) is 9.68. The molecule has 2 nitrogen and oxygen atoms in total. The lowest BCUT2D eigenvalue weighted by molar-refractivity contribution is 0.134. The van der Waals surface area contributed by atoms with Crippen LogP contribution in [0.3, 0.4) is 0 Å². The van der Waals surface area contributed by atoms with Gasteiger partial charge in [0.05, 0.1) is 13.2 Å². The molecule has 0 aliphatic carbocycles. The van der Waals surface area contributed by atoms with E-state index < -0.39 is 0 Å². The van der Waals surface area contributed by atoms with Crippen LogP contribution in [0, 0.1) is 0 Å². The van der Waals surface area contributed by atoms with E-state index in [1.165, 1.54) is 0 Å². The first-order valence-electron chi connectivity index (χ1n) is 4.23. The summed E-state index contributed by atoms with van der Waals surface area (Å²) in [5, 5.41) is 9.00. The molecule has 0 unspecified atom stereocenters. The quantitative estimate of drug-likeness (QED) is 0.882. The summed E-state index contributed by atoms with van der Waals surface area (Å²) in [5.41, 5.74) is 1.99. The van der Waals surface area contributed by atoms with E-state index in [9.17, 15) is 0 Å². The summed E-state index contributed by atoms with van der Waals surface area (Å²) in [4.78, 5) is 0. The van der Waals surface area contributed by atoms with Gasteiger partial charge in [-0.2, -0.15) is 0 Å². The molecule has 0 saturated carbocycles. The molecule has 1 aromatic carbocycles. The highest BCUT2D eigenvalue weighted by molar-refractivity contribution is 9.10. The Morgan fingerprint density at radius 3 is 2.85 bits per heavy atom. The van der Waals surface area contributed by atoms with Crippen LogP contribution in [-0.2, 0) is 18.0 Å². The summed E-state index contributed by atoms with van der Waals surface area (Å²) in [6.45, 7) is 3.34. The highest BCUT2D eigenvalue weighted by atomic mass is 79.9. The van der Waals surface area contributed by atoms with Gasteiger partial charge in [0.2, 0.25) is 0 Å². The molecule has 0 amide bonds. The van der Waals surface area contributed by atoms with E-state index in [4.69, 9.17) is 9.84 Å². The van der Waals surface area contributed by atoms with Crippen LogP contribution in [0.15, 0.2) is 22.7 Å². The van der Waals surface area contributed by atoms with Gasteiger partial charge in [-0.3, -0.25) is 0 Å². The summed E-state index contributed by atoms with van der Waals surface area (Å²) in [6.07, 6.45) is 0. The first-order chi connectivity index (χ1) is 6.27. The van der Waals surface area contributed by atoms with Gasteiger partial charge in [-0.05, 0) is 24.1 Å². The van der Waals surface area contributed by atoms with Crippen LogP contribution < -0.4 is 0 Å². The molecule has 0 heterocycles. The number of rotatable bonds is 4. The van der Waals surface area contributed by atoms with Gasteiger partial charge in [-0.1, -0.05) is 28.1 Å². The maximum absolute atomic E-state index is 9.00. The van der Waals surface area contributed by atoms with Gasteiger partial charge in [0, 0.05) is 11.1 Å². The SMILES string of the molecule is CCOCc1ccc(Br)c(CO)c1. The number of hydrogen-bond donors (Lipinski definition) is 1. The van der Waals surface area contributed by atoms with Gasteiger partial charge in [0.1, 0.15) is 0 Å². The van der Waals surface area contributed by atoms with Crippen LogP contribution in [0.25, 0.3) is 0 Å². The van der Waals surface area contributed by atoms with Gasteiger partial charge in [-0.25, -0.2) is 0 Å². The lowest BCUT2D eigenvalue weighted by atomic mass is 10.1. The molecule has 0 fully saturated rings. The third-order valence-electron chi connectivity index (χ3n) is 1.75. The average Bonchev–Trinajstić information content (AvgIpc) is 2.16. The van der Waals surface area contributed by atoms with Crippen molar-refractivity contribution < 1.29 is 9.84 Å². The number of hydrogen-bond acceptors (Lipinski definition) is 2. The number of aliphatic hydroxyl groups excluding tert-OH is 1. The molecule has 0 aromatic heterocycles. The highest BCUT2D eigenvalue weighted by Crippen LogP contribution is 2.18. The Hall–Kier alpha value is -0.380. The Kier molecular flexibility index (Phi) is 4.42. The molecular formula is C10H13BrO2. The van der Waals surface area contributed by atoms with Crippen molar-refractivity contribution in [3.05, 3.63) is 33.8 Å². The van der Waals surface area contributed by atoms with E-state index in [0.717, 1.165) is 15.6 Å². The summed E-state index contributed by atoms with van der Waals surface area (Å²) in [7, 11) is 0.